The summed E-state index contributed by atoms with van der Waals surface area (Å²) in [4.78, 5) is 10.7. The number of hydrogen-bond acceptors (Lipinski definition) is 5. The van der Waals surface area contributed by atoms with Crippen LogP contribution >= 0.6 is 0 Å². The van der Waals surface area contributed by atoms with Gasteiger partial charge in [0.2, 0.25) is 5.95 Å². The lowest BCUT2D eigenvalue weighted by Gasteiger charge is -2.21. The second kappa shape index (κ2) is 5.50. The summed E-state index contributed by atoms with van der Waals surface area (Å²) in [6.07, 6.45) is 1.10. The predicted molar refractivity (Wildman–Crippen MR) is 62.8 cm³/mol. The summed E-state index contributed by atoms with van der Waals surface area (Å²) >= 11 is 0. The molecule has 0 aliphatic heterocycles. The zero-order valence-electron chi connectivity index (χ0n) is 9.62. The summed E-state index contributed by atoms with van der Waals surface area (Å²) in [7, 11) is 0. The molecule has 5 heteroatoms. The Kier molecular flexibility index (Phi) is 4.30. The zero-order valence-corrected chi connectivity index (χ0v) is 9.62. The van der Waals surface area contributed by atoms with E-state index in [0.717, 1.165) is 31.0 Å². The molecule has 0 radical (unpaired) electrons. The lowest BCUT2D eigenvalue weighted by atomic mass is 10.3. The van der Waals surface area contributed by atoms with E-state index in [1.165, 1.54) is 0 Å². The first-order chi connectivity index (χ1) is 7.21. The Hall–Kier alpha value is -1.36. The molecule has 0 saturated carbocycles. The minimum absolute atomic E-state index is 0.472. The van der Waals surface area contributed by atoms with E-state index in [9.17, 15) is 0 Å². The Labute approximate surface area is 90.7 Å². The van der Waals surface area contributed by atoms with Gasteiger partial charge in [-0.05, 0) is 20.3 Å². The molecule has 1 aromatic rings. The van der Waals surface area contributed by atoms with E-state index in [4.69, 9.17) is 5.84 Å². The lowest BCUT2D eigenvalue weighted by Crippen LogP contribution is -2.25. The van der Waals surface area contributed by atoms with Gasteiger partial charge in [-0.25, -0.2) is 10.8 Å². The van der Waals surface area contributed by atoms with E-state index in [0.29, 0.717) is 5.95 Å². The third kappa shape index (κ3) is 3.06. The van der Waals surface area contributed by atoms with Crippen LogP contribution in [0.5, 0.6) is 0 Å². The van der Waals surface area contributed by atoms with E-state index in [1.807, 2.05) is 13.0 Å². The van der Waals surface area contributed by atoms with Crippen LogP contribution in [0.3, 0.4) is 0 Å². The Balaban J connectivity index is 2.95. The highest BCUT2D eigenvalue weighted by Crippen LogP contribution is 2.14. The Morgan fingerprint density at radius 2 is 2.13 bits per heavy atom. The number of hydrazine groups is 1. The number of aromatic nitrogens is 2. The largest absolute Gasteiger partial charge is 0.357 e. The van der Waals surface area contributed by atoms with Gasteiger partial charge in [0, 0.05) is 24.8 Å². The maximum Gasteiger partial charge on any atom is 0.239 e. The highest BCUT2D eigenvalue weighted by atomic mass is 15.3. The fourth-order valence-corrected chi connectivity index (χ4v) is 1.48. The van der Waals surface area contributed by atoms with Gasteiger partial charge in [0.15, 0.2) is 0 Å². The molecule has 0 saturated heterocycles. The topological polar surface area (TPSA) is 67.1 Å². The SMILES string of the molecule is CCCN(CC)c1cc(C)nc(NN)n1. The first-order valence-corrected chi connectivity index (χ1v) is 5.28. The third-order valence-electron chi connectivity index (χ3n) is 2.17. The molecule has 0 aromatic carbocycles. The maximum absolute atomic E-state index is 5.31. The van der Waals surface area contributed by atoms with Crippen molar-refractivity contribution in [3.05, 3.63) is 11.8 Å². The van der Waals surface area contributed by atoms with E-state index in [2.05, 4.69) is 34.1 Å². The van der Waals surface area contributed by atoms with Crippen LogP contribution < -0.4 is 16.2 Å². The van der Waals surface area contributed by atoms with Crippen molar-refractivity contribution in [2.45, 2.75) is 27.2 Å². The molecular formula is C10H19N5. The van der Waals surface area contributed by atoms with Crippen LogP contribution in [0.2, 0.25) is 0 Å². The maximum atomic E-state index is 5.31. The molecule has 0 spiro atoms. The van der Waals surface area contributed by atoms with Crippen LogP contribution in [0.15, 0.2) is 6.07 Å². The van der Waals surface area contributed by atoms with Crippen molar-refractivity contribution in [1.29, 1.82) is 0 Å². The van der Waals surface area contributed by atoms with Crippen molar-refractivity contribution in [3.63, 3.8) is 0 Å². The van der Waals surface area contributed by atoms with Gasteiger partial charge in [-0.2, -0.15) is 4.98 Å². The molecule has 0 bridgehead atoms. The number of anilines is 2. The van der Waals surface area contributed by atoms with Crippen molar-refractivity contribution in [1.82, 2.24) is 9.97 Å². The van der Waals surface area contributed by atoms with Gasteiger partial charge in [0.25, 0.3) is 0 Å². The van der Waals surface area contributed by atoms with Gasteiger partial charge >= 0.3 is 0 Å². The highest BCUT2D eigenvalue weighted by molar-refractivity contribution is 5.44. The molecule has 0 atom stereocenters. The molecule has 5 nitrogen and oxygen atoms in total. The molecule has 0 aliphatic carbocycles. The minimum atomic E-state index is 0.472. The number of nitrogens with zero attached hydrogens (tertiary/aromatic N) is 3. The number of nitrogens with one attached hydrogen (secondary N) is 1. The van der Waals surface area contributed by atoms with Crippen LogP contribution in [0.25, 0.3) is 0 Å². The monoisotopic (exact) mass is 209 g/mol. The molecule has 1 rings (SSSR count). The number of rotatable bonds is 5. The molecule has 0 fully saturated rings. The Bertz CT molecular complexity index is 313. The normalized spacial score (nSPS) is 10.1. The predicted octanol–water partition coefficient (Wildman–Crippen LogP) is 1.31. The minimum Gasteiger partial charge on any atom is -0.357 e. The zero-order chi connectivity index (χ0) is 11.3. The molecule has 0 amide bonds. The molecule has 84 valence electrons. The number of nitrogen functional groups attached to an aromatic ring is 1. The van der Waals surface area contributed by atoms with Crippen molar-refractivity contribution >= 4 is 11.8 Å². The summed E-state index contributed by atoms with van der Waals surface area (Å²) in [6.45, 7) is 8.14. The summed E-state index contributed by atoms with van der Waals surface area (Å²) in [5, 5.41) is 0. The van der Waals surface area contributed by atoms with Gasteiger partial charge < -0.3 is 4.90 Å². The van der Waals surface area contributed by atoms with Gasteiger partial charge in [-0.3, -0.25) is 5.43 Å². The van der Waals surface area contributed by atoms with Crippen LogP contribution in [-0.4, -0.2) is 23.1 Å². The average molecular weight is 209 g/mol. The number of aryl methyl sites for hydroxylation is 1. The third-order valence-corrected chi connectivity index (χ3v) is 2.17. The lowest BCUT2D eigenvalue weighted by molar-refractivity contribution is 0.775. The van der Waals surface area contributed by atoms with Crippen LogP contribution in [-0.2, 0) is 0 Å². The van der Waals surface area contributed by atoms with Crippen molar-refractivity contribution < 1.29 is 0 Å². The van der Waals surface area contributed by atoms with Crippen LogP contribution in [0.4, 0.5) is 11.8 Å². The summed E-state index contributed by atoms with van der Waals surface area (Å²) in [5.74, 6) is 6.71. The van der Waals surface area contributed by atoms with Gasteiger partial charge in [-0.1, -0.05) is 6.92 Å². The van der Waals surface area contributed by atoms with Crippen LogP contribution in [0, 0.1) is 6.92 Å². The fourth-order valence-electron chi connectivity index (χ4n) is 1.48. The molecule has 1 aromatic heterocycles. The molecule has 0 unspecified atom stereocenters. The van der Waals surface area contributed by atoms with Gasteiger partial charge in [-0.15, -0.1) is 0 Å². The second-order valence-electron chi connectivity index (χ2n) is 3.42. The van der Waals surface area contributed by atoms with E-state index in [-0.39, 0.29) is 0 Å². The van der Waals surface area contributed by atoms with E-state index < -0.39 is 0 Å². The number of nitrogens with two attached hydrogens (primary N) is 1. The molecular weight excluding hydrogens is 190 g/mol. The quantitative estimate of drug-likeness (QED) is 0.565. The summed E-state index contributed by atoms with van der Waals surface area (Å²) < 4.78 is 0. The first-order valence-electron chi connectivity index (χ1n) is 5.28. The van der Waals surface area contributed by atoms with E-state index in [1.54, 1.807) is 0 Å². The molecule has 3 N–H and O–H groups in total. The Morgan fingerprint density at radius 1 is 1.40 bits per heavy atom. The summed E-state index contributed by atoms with van der Waals surface area (Å²) in [5.41, 5.74) is 3.40. The molecule has 15 heavy (non-hydrogen) atoms. The van der Waals surface area contributed by atoms with Gasteiger partial charge in [0.1, 0.15) is 5.82 Å². The number of hydrogen-bond donors (Lipinski definition) is 2. The molecule has 0 aliphatic rings. The van der Waals surface area contributed by atoms with Gasteiger partial charge in [0.05, 0.1) is 0 Å². The van der Waals surface area contributed by atoms with Crippen molar-refractivity contribution in [2.24, 2.45) is 5.84 Å². The smallest absolute Gasteiger partial charge is 0.239 e. The fraction of sp³-hybridized carbons (Fsp3) is 0.600. The van der Waals surface area contributed by atoms with Crippen molar-refractivity contribution in [3.8, 4) is 0 Å². The Morgan fingerprint density at radius 3 is 2.67 bits per heavy atom. The van der Waals surface area contributed by atoms with Crippen molar-refractivity contribution in [2.75, 3.05) is 23.4 Å². The first kappa shape index (κ1) is 11.7. The van der Waals surface area contributed by atoms with E-state index >= 15 is 0 Å². The highest BCUT2D eigenvalue weighted by Gasteiger charge is 2.07. The standard InChI is InChI=1S/C10H19N5/c1-4-6-15(5-2)9-7-8(3)12-10(13-9)14-11/h7H,4-6,11H2,1-3H3,(H,12,13,14). The van der Waals surface area contributed by atoms with Crippen LogP contribution in [0.1, 0.15) is 26.0 Å². The molecule has 1 heterocycles. The summed E-state index contributed by atoms with van der Waals surface area (Å²) in [6, 6.07) is 1.97. The second-order valence-corrected chi connectivity index (χ2v) is 3.42. The average Bonchev–Trinajstić information content (AvgIpc) is 2.24.